The number of piperidine rings is 1. The molecule has 0 aliphatic carbocycles. The van der Waals surface area contributed by atoms with Crippen LogP contribution in [0.2, 0.25) is 0 Å². The highest BCUT2D eigenvalue weighted by Crippen LogP contribution is 2.38. The zero-order chi connectivity index (χ0) is 27.0. The van der Waals surface area contributed by atoms with Crippen LogP contribution in [0.25, 0.3) is 27.9 Å². The molecular formula is C27H34N8O3. The zero-order valence-electron chi connectivity index (χ0n) is 22.4. The van der Waals surface area contributed by atoms with E-state index in [9.17, 15) is 4.79 Å². The molecule has 11 heteroatoms. The average molecular weight is 519 g/mol. The number of ether oxygens (including phenoxy) is 2. The lowest BCUT2D eigenvalue weighted by atomic mass is 10.0. The van der Waals surface area contributed by atoms with Crippen molar-refractivity contribution in [2.75, 3.05) is 38.3 Å². The first-order valence-electron chi connectivity index (χ1n) is 12.7. The van der Waals surface area contributed by atoms with Crippen molar-refractivity contribution in [2.24, 2.45) is 0 Å². The van der Waals surface area contributed by atoms with Gasteiger partial charge in [-0.15, -0.1) is 0 Å². The Kier molecular flexibility index (Phi) is 6.70. The molecule has 5 rings (SSSR count). The summed E-state index contributed by atoms with van der Waals surface area (Å²) >= 11 is 0. The third-order valence-corrected chi connectivity index (χ3v) is 6.69. The largest absolute Gasteiger partial charge is 0.495 e. The van der Waals surface area contributed by atoms with Gasteiger partial charge in [0.05, 0.1) is 30.7 Å². The Bertz CT molecular complexity index is 1460. The van der Waals surface area contributed by atoms with Crippen molar-refractivity contribution in [1.29, 1.82) is 0 Å². The summed E-state index contributed by atoms with van der Waals surface area (Å²) in [5.74, 6) is 0.846. The minimum atomic E-state index is -0.613. The van der Waals surface area contributed by atoms with E-state index in [2.05, 4.69) is 43.3 Å². The van der Waals surface area contributed by atoms with Gasteiger partial charge in [0.2, 0.25) is 0 Å². The minimum Gasteiger partial charge on any atom is -0.495 e. The number of likely N-dealkylation sites (tertiary alicyclic amines) is 1. The number of nitrogens with one attached hydrogen (secondary N) is 1. The minimum absolute atomic E-state index is 0.360. The van der Waals surface area contributed by atoms with Gasteiger partial charge in [-0.2, -0.15) is 10.2 Å². The van der Waals surface area contributed by atoms with E-state index in [-0.39, 0.29) is 0 Å². The molecule has 0 saturated carbocycles. The lowest BCUT2D eigenvalue weighted by Gasteiger charge is -2.28. The molecule has 0 bridgehead atoms. The van der Waals surface area contributed by atoms with Crippen LogP contribution in [-0.4, -0.2) is 68.2 Å². The molecule has 1 aliphatic heterocycles. The number of nitrogens with zero attached hydrogens (tertiary/aromatic N) is 6. The summed E-state index contributed by atoms with van der Waals surface area (Å²) in [5, 5.41) is 11.9. The molecule has 1 amide bonds. The van der Waals surface area contributed by atoms with E-state index < -0.39 is 11.7 Å². The van der Waals surface area contributed by atoms with Crippen LogP contribution < -0.4 is 15.8 Å². The number of amides is 1. The number of aromatic nitrogens is 5. The molecular weight excluding hydrogens is 484 g/mol. The van der Waals surface area contributed by atoms with Gasteiger partial charge < -0.3 is 20.1 Å². The lowest BCUT2D eigenvalue weighted by Crippen LogP contribution is -2.31. The summed E-state index contributed by atoms with van der Waals surface area (Å²) < 4.78 is 14.8. The van der Waals surface area contributed by atoms with Crippen LogP contribution in [0, 0.1) is 0 Å². The summed E-state index contributed by atoms with van der Waals surface area (Å²) in [4.78, 5) is 18.9. The van der Waals surface area contributed by atoms with E-state index in [0.717, 1.165) is 48.3 Å². The molecule has 11 nitrogen and oxygen atoms in total. The predicted octanol–water partition coefficient (Wildman–Crippen LogP) is 4.46. The number of hydrogen-bond donors (Lipinski definition) is 2. The van der Waals surface area contributed by atoms with Crippen molar-refractivity contribution in [3.05, 3.63) is 43.0 Å². The molecule has 1 fully saturated rings. The van der Waals surface area contributed by atoms with Gasteiger partial charge in [-0.25, -0.2) is 14.3 Å². The second-order valence-corrected chi connectivity index (χ2v) is 10.6. The molecule has 1 saturated heterocycles. The molecule has 38 heavy (non-hydrogen) atoms. The second kappa shape index (κ2) is 9.97. The highest BCUT2D eigenvalue weighted by molar-refractivity contribution is 5.94. The Morgan fingerprint density at radius 2 is 1.89 bits per heavy atom. The molecule has 0 radical (unpaired) electrons. The summed E-state index contributed by atoms with van der Waals surface area (Å²) in [5.41, 5.74) is 10.4. The molecule has 1 aliphatic rings. The van der Waals surface area contributed by atoms with Gasteiger partial charge in [-0.1, -0.05) is 6.07 Å². The fourth-order valence-electron chi connectivity index (χ4n) is 4.80. The van der Waals surface area contributed by atoms with E-state index in [1.165, 1.54) is 6.33 Å². The van der Waals surface area contributed by atoms with Gasteiger partial charge in [0.1, 0.15) is 23.2 Å². The molecule has 0 atom stereocenters. The van der Waals surface area contributed by atoms with Crippen LogP contribution in [0.3, 0.4) is 0 Å². The standard InChI is InChI=1S/C27H34N8O3/c1-27(2,3)38-26(36)32-21-7-6-17(12-23(21)37-5)20-13-22(35-24(20)25(28)29-16-31-35)18-14-30-34(15-18)19-8-10-33(4)11-9-19/h6-7,12-16,19H,8-11H2,1-5H3,(H,32,36)(H2,28,29,31). The summed E-state index contributed by atoms with van der Waals surface area (Å²) in [7, 11) is 3.70. The highest BCUT2D eigenvalue weighted by atomic mass is 16.6. The number of rotatable bonds is 5. The predicted molar refractivity (Wildman–Crippen MR) is 146 cm³/mol. The topological polar surface area (TPSA) is 125 Å². The van der Waals surface area contributed by atoms with Crippen molar-refractivity contribution >= 4 is 23.1 Å². The number of nitrogen functional groups attached to an aromatic ring is 1. The Labute approximate surface area is 221 Å². The van der Waals surface area contributed by atoms with Crippen LogP contribution in [0.5, 0.6) is 5.75 Å². The number of fused-ring (bicyclic) bond motifs is 1. The van der Waals surface area contributed by atoms with Gasteiger partial charge in [-0.3, -0.25) is 10.00 Å². The maximum Gasteiger partial charge on any atom is 0.412 e. The van der Waals surface area contributed by atoms with Crippen LogP contribution in [0.15, 0.2) is 43.0 Å². The molecule has 4 aromatic rings. The number of carbonyl (C=O) groups is 1. The number of anilines is 2. The highest BCUT2D eigenvalue weighted by Gasteiger charge is 2.23. The van der Waals surface area contributed by atoms with Gasteiger partial charge >= 0.3 is 6.09 Å². The Morgan fingerprint density at radius 3 is 2.61 bits per heavy atom. The molecule has 3 aromatic heterocycles. The van der Waals surface area contributed by atoms with E-state index in [0.29, 0.717) is 28.8 Å². The molecule has 0 unspecified atom stereocenters. The first-order chi connectivity index (χ1) is 18.1. The Hall–Kier alpha value is -4.12. The number of nitrogens with two attached hydrogens (primary N) is 1. The van der Waals surface area contributed by atoms with E-state index in [1.807, 2.05) is 45.2 Å². The monoisotopic (exact) mass is 518 g/mol. The maximum absolute atomic E-state index is 12.3. The smallest absolute Gasteiger partial charge is 0.412 e. The fraction of sp³-hybridized carbons (Fsp3) is 0.407. The van der Waals surface area contributed by atoms with Gasteiger partial charge in [0.25, 0.3) is 0 Å². The quantitative estimate of drug-likeness (QED) is 0.397. The van der Waals surface area contributed by atoms with E-state index >= 15 is 0 Å². The van der Waals surface area contributed by atoms with Crippen molar-refractivity contribution in [1.82, 2.24) is 29.3 Å². The lowest BCUT2D eigenvalue weighted by molar-refractivity contribution is 0.0635. The summed E-state index contributed by atoms with van der Waals surface area (Å²) in [6.45, 7) is 7.55. The van der Waals surface area contributed by atoms with Crippen molar-refractivity contribution in [3.8, 4) is 28.1 Å². The number of methoxy groups -OCH3 is 1. The fourth-order valence-corrected chi connectivity index (χ4v) is 4.80. The van der Waals surface area contributed by atoms with Crippen molar-refractivity contribution < 1.29 is 14.3 Å². The number of benzene rings is 1. The first-order valence-corrected chi connectivity index (χ1v) is 12.7. The summed E-state index contributed by atoms with van der Waals surface area (Å²) in [6.07, 6.45) is 6.97. The van der Waals surface area contributed by atoms with Crippen LogP contribution in [0.1, 0.15) is 39.7 Å². The van der Waals surface area contributed by atoms with Crippen LogP contribution >= 0.6 is 0 Å². The first kappa shape index (κ1) is 25.5. The van der Waals surface area contributed by atoms with Gasteiger partial charge in [0, 0.05) is 17.3 Å². The normalized spacial score (nSPS) is 15.1. The number of hydrogen-bond acceptors (Lipinski definition) is 8. The molecule has 4 heterocycles. The SMILES string of the molecule is COc1cc(-c2cc(-c3cnn(C4CCN(C)CC4)c3)n3ncnc(N)c23)ccc1NC(=O)OC(C)(C)C. The van der Waals surface area contributed by atoms with E-state index in [4.69, 9.17) is 15.2 Å². The molecule has 0 spiro atoms. The van der Waals surface area contributed by atoms with Crippen molar-refractivity contribution in [2.45, 2.75) is 45.3 Å². The van der Waals surface area contributed by atoms with Crippen molar-refractivity contribution in [3.63, 3.8) is 0 Å². The second-order valence-electron chi connectivity index (χ2n) is 10.6. The van der Waals surface area contributed by atoms with Crippen LogP contribution in [0.4, 0.5) is 16.3 Å². The van der Waals surface area contributed by atoms with Gasteiger partial charge in [0.15, 0.2) is 5.82 Å². The Morgan fingerprint density at radius 1 is 1.13 bits per heavy atom. The maximum atomic E-state index is 12.3. The Balaban J connectivity index is 1.51. The summed E-state index contributed by atoms with van der Waals surface area (Å²) in [6, 6.07) is 7.92. The third kappa shape index (κ3) is 5.14. The van der Waals surface area contributed by atoms with E-state index in [1.54, 1.807) is 17.7 Å². The average Bonchev–Trinajstić information content (AvgIpc) is 3.50. The zero-order valence-corrected chi connectivity index (χ0v) is 22.4. The number of carbonyl (C=O) groups excluding carboxylic acids is 1. The van der Waals surface area contributed by atoms with Gasteiger partial charge in [-0.05, 0) is 77.5 Å². The molecule has 1 aromatic carbocycles. The molecule has 200 valence electrons. The molecule has 3 N–H and O–H groups in total. The third-order valence-electron chi connectivity index (χ3n) is 6.69. The van der Waals surface area contributed by atoms with Crippen LogP contribution in [-0.2, 0) is 4.74 Å².